The summed E-state index contributed by atoms with van der Waals surface area (Å²) in [5.41, 5.74) is 5.13. The van der Waals surface area contributed by atoms with Crippen molar-refractivity contribution in [3.05, 3.63) is 0 Å². The Balaban J connectivity index is 3.78. The molecule has 0 heterocycles. The van der Waals surface area contributed by atoms with Crippen LogP contribution in [0.15, 0.2) is 0 Å². The fourth-order valence-electron chi connectivity index (χ4n) is 0.415. The lowest BCUT2D eigenvalue weighted by atomic mass is 10.8. The minimum absolute atomic E-state index is 0.278. The zero-order chi connectivity index (χ0) is 7.33. The van der Waals surface area contributed by atoms with Gasteiger partial charge in [-0.2, -0.15) is 0 Å². The van der Waals surface area contributed by atoms with Crippen LogP contribution >= 0.6 is 7.60 Å². The van der Waals surface area contributed by atoms with E-state index >= 15 is 0 Å². The first-order valence-corrected chi connectivity index (χ1v) is 4.32. The van der Waals surface area contributed by atoms with Crippen LogP contribution in [0.5, 0.6) is 0 Å². The molecule has 0 aliphatic rings. The molecule has 0 aromatic heterocycles. The van der Waals surface area contributed by atoms with Gasteiger partial charge in [0.1, 0.15) is 0 Å². The number of hydrogen-bond donors (Lipinski definition) is 1. The quantitative estimate of drug-likeness (QED) is 0.595. The molecule has 0 spiro atoms. The zero-order valence-electron chi connectivity index (χ0n) is 5.66. The molecule has 5 heteroatoms. The SMILES string of the molecule is COP(=O)(CCN)OC. The molecule has 0 radical (unpaired) electrons. The van der Waals surface area contributed by atoms with Crippen molar-refractivity contribution in [3.63, 3.8) is 0 Å². The summed E-state index contributed by atoms with van der Waals surface area (Å²) in [6, 6.07) is 0. The predicted molar refractivity (Wildman–Crippen MR) is 35.5 cm³/mol. The van der Waals surface area contributed by atoms with Crippen LogP contribution in [0.25, 0.3) is 0 Å². The van der Waals surface area contributed by atoms with Crippen molar-refractivity contribution in [2.75, 3.05) is 26.9 Å². The van der Waals surface area contributed by atoms with Crippen LogP contribution in [0.1, 0.15) is 0 Å². The summed E-state index contributed by atoms with van der Waals surface area (Å²) in [6.45, 7) is 0.318. The third-order valence-electron chi connectivity index (χ3n) is 0.959. The summed E-state index contributed by atoms with van der Waals surface area (Å²) in [5.74, 6) is 0. The molecule has 4 nitrogen and oxygen atoms in total. The maximum Gasteiger partial charge on any atom is 0.331 e. The molecule has 0 bridgehead atoms. The summed E-state index contributed by atoms with van der Waals surface area (Å²) in [4.78, 5) is 0. The highest BCUT2D eigenvalue weighted by Gasteiger charge is 2.18. The van der Waals surface area contributed by atoms with Crippen molar-refractivity contribution in [1.29, 1.82) is 0 Å². The van der Waals surface area contributed by atoms with E-state index in [1.807, 2.05) is 0 Å². The molecule has 56 valence electrons. The molecule has 0 aromatic rings. The van der Waals surface area contributed by atoms with E-state index in [0.29, 0.717) is 6.54 Å². The normalized spacial score (nSPS) is 11.9. The third kappa shape index (κ3) is 2.96. The van der Waals surface area contributed by atoms with Gasteiger partial charge in [-0.25, -0.2) is 0 Å². The van der Waals surface area contributed by atoms with Gasteiger partial charge in [0.2, 0.25) is 0 Å². The van der Waals surface area contributed by atoms with Crippen LogP contribution in [0.4, 0.5) is 0 Å². The van der Waals surface area contributed by atoms with Gasteiger partial charge in [0, 0.05) is 20.8 Å². The van der Waals surface area contributed by atoms with Gasteiger partial charge in [-0.1, -0.05) is 0 Å². The Kier molecular flexibility index (Phi) is 4.06. The van der Waals surface area contributed by atoms with Gasteiger partial charge in [-0.05, 0) is 0 Å². The largest absolute Gasteiger partial charge is 0.331 e. The molecule has 0 rings (SSSR count). The highest BCUT2D eigenvalue weighted by atomic mass is 31.2. The monoisotopic (exact) mass is 153 g/mol. The van der Waals surface area contributed by atoms with Crippen molar-refractivity contribution in [2.24, 2.45) is 5.73 Å². The van der Waals surface area contributed by atoms with Crippen molar-refractivity contribution in [2.45, 2.75) is 0 Å². The molecule has 0 fully saturated rings. The van der Waals surface area contributed by atoms with E-state index in [0.717, 1.165) is 0 Å². The highest BCUT2D eigenvalue weighted by molar-refractivity contribution is 7.53. The van der Waals surface area contributed by atoms with E-state index in [9.17, 15) is 4.57 Å². The molecule has 0 saturated heterocycles. The van der Waals surface area contributed by atoms with Crippen LogP contribution in [0.3, 0.4) is 0 Å². The second-order valence-electron chi connectivity index (χ2n) is 1.49. The second kappa shape index (κ2) is 4.01. The maximum absolute atomic E-state index is 11.0. The summed E-state index contributed by atoms with van der Waals surface area (Å²) >= 11 is 0. The smallest absolute Gasteiger partial charge is 0.330 e. The van der Waals surface area contributed by atoms with Crippen molar-refractivity contribution in [1.82, 2.24) is 0 Å². The molecule has 0 saturated carbocycles. The van der Waals surface area contributed by atoms with Crippen molar-refractivity contribution < 1.29 is 13.6 Å². The van der Waals surface area contributed by atoms with Crippen LogP contribution in [-0.4, -0.2) is 26.9 Å². The fraction of sp³-hybridized carbons (Fsp3) is 1.00. The molecule has 2 N–H and O–H groups in total. The first-order valence-electron chi connectivity index (χ1n) is 2.59. The van der Waals surface area contributed by atoms with Crippen molar-refractivity contribution >= 4 is 7.60 Å². The van der Waals surface area contributed by atoms with Crippen LogP contribution < -0.4 is 5.73 Å². The summed E-state index contributed by atoms with van der Waals surface area (Å²) < 4.78 is 20.2. The Morgan fingerprint density at radius 3 is 2.00 bits per heavy atom. The standard InChI is InChI=1S/C4H12NO3P/c1-7-9(6,8-2)4-3-5/h3-5H2,1-2H3. The third-order valence-corrected chi connectivity index (χ3v) is 2.88. The lowest BCUT2D eigenvalue weighted by molar-refractivity contribution is 0.276. The molecule has 0 aliphatic carbocycles. The van der Waals surface area contributed by atoms with E-state index in [1.165, 1.54) is 14.2 Å². The number of rotatable bonds is 4. The average Bonchev–Trinajstić information content (AvgIpc) is 1.89. The van der Waals surface area contributed by atoms with E-state index in [2.05, 4.69) is 9.05 Å². The molecule has 0 unspecified atom stereocenters. The summed E-state index contributed by atoms with van der Waals surface area (Å²) in [6.07, 6.45) is 0.278. The molecule has 0 atom stereocenters. The second-order valence-corrected chi connectivity index (χ2v) is 3.89. The Bertz CT molecular complexity index is 108. The Morgan fingerprint density at radius 2 is 1.89 bits per heavy atom. The lowest BCUT2D eigenvalue weighted by Crippen LogP contribution is -2.07. The predicted octanol–water partition coefficient (Wildman–Crippen LogP) is 0.431. The van der Waals surface area contributed by atoms with Gasteiger partial charge < -0.3 is 14.8 Å². The minimum atomic E-state index is -2.81. The van der Waals surface area contributed by atoms with Gasteiger partial charge in [0.25, 0.3) is 0 Å². The Labute approximate surface area is 54.9 Å². The van der Waals surface area contributed by atoms with Crippen LogP contribution in [-0.2, 0) is 13.6 Å². The van der Waals surface area contributed by atoms with E-state index in [4.69, 9.17) is 5.73 Å². The average molecular weight is 153 g/mol. The van der Waals surface area contributed by atoms with Gasteiger partial charge >= 0.3 is 7.60 Å². The highest BCUT2D eigenvalue weighted by Crippen LogP contribution is 2.45. The molecule has 9 heavy (non-hydrogen) atoms. The summed E-state index contributed by atoms with van der Waals surface area (Å²) in [7, 11) is -0.112. The minimum Gasteiger partial charge on any atom is -0.330 e. The first-order chi connectivity index (χ1) is 4.18. The fourth-order valence-corrected chi connectivity index (χ4v) is 1.25. The molecule has 0 aliphatic heterocycles. The Morgan fingerprint density at radius 1 is 1.44 bits per heavy atom. The maximum atomic E-state index is 11.0. The van der Waals surface area contributed by atoms with Gasteiger partial charge in [0.05, 0.1) is 6.16 Å². The molecule has 0 aromatic carbocycles. The summed E-state index contributed by atoms with van der Waals surface area (Å²) in [5, 5.41) is 0. The van der Waals surface area contributed by atoms with E-state index in [1.54, 1.807) is 0 Å². The van der Waals surface area contributed by atoms with E-state index < -0.39 is 7.60 Å². The lowest BCUT2D eigenvalue weighted by Gasteiger charge is -2.10. The molecular weight excluding hydrogens is 141 g/mol. The van der Waals surface area contributed by atoms with Gasteiger partial charge in [-0.15, -0.1) is 0 Å². The van der Waals surface area contributed by atoms with Gasteiger partial charge in [0.15, 0.2) is 0 Å². The topological polar surface area (TPSA) is 61.5 Å². The zero-order valence-corrected chi connectivity index (χ0v) is 6.56. The Hall–Kier alpha value is 0.110. The van der Waals surface area contributed by atoms with E-state index in [-0.39, 0.29) is 6.16 Å². The van der Waals surface area contributed by atoms with Gasteiger partial charge in [-0.3, -0.25) is 4.57 Å². The first kappa shape index (κ1) is 9.11. The van der Waals surface area contributed by atoms with Crippen LogP contribution in [0.2, 0.25) is 0 Å². The molecular formula is C4H12NO3P. The van der Waals surface area contributed by atoms with Crippen molar-refractivity contribution in [3.8, 4) is 0 Å². The van der Waals surface area contributed by atoms with Crippen LogP contribution in [0, 0.1) is 0 Å². The number of hydrogen-bond acceptors (Lipinski definition) is 4. The molecule has 0 amide bonds. The number of nitrogens with two attached hydrogens (primary N) is 1.